The smallest absolute Gasteiger partial charge is 0.303 e. The number of hydrogen-bond donors (Lipinski definition) is 1. The number of alkyl halides is 2. The fraction of sp³-hybridized carbons (Fsp3) is 0.875. The van der Waals surface area contributed by atoms with Crippen molar-refractivity contribution >= 4 is 29.2 Å². The molecule has 0 amide bonds. The van der Waals surface area contributed by atoms with Gasteiger partial charge in [-0.1, -0.05) is 6.42 Å². The summed E-state index contributed by atoms with van der Waals surface area (Å²) < 4.78 is 0. The fourth-order valence-corrected chi connectivity index (χ4v) is 1.54. The van der Waals surface area contributed by atoms with E-state index in [1.54, 1.807) is 0 Å². The van der Waals surface area contributed by atoms with Crippen LogP contribution in [0.5, 0.6) is 0 Å². The first-order chi connectivity index (χ1) is 5.66. The van der Waals surface area contributed by atoms with Gasteiger partial charge in [-0.25, -0.2) is 0 Å². The molecular weight excluding hydrogens is 199 g/mol. The van der Waals surface area contributed by atoms with E-state index in [0.717, 1.165) is 19.3 Å². The summed E-state index contributed by atoms with van der Waals surface area (Å²) in [4.78, 5) is 10.1. The van der Waals surface area contributed by atoms with Crippen molar-refractivity contribution in [2.75, 3.05) is 5.88 Å². The number of carbonyl (C=O) groups is 1. The van der Waals surface area contributed by atoms with E-state index >= 15 is 0 Å². The van der Waals surface area contributed by atoms with Crippen LogP contribution in [0.3, 0.4) is 0 Å². The highest BCUT2D eigenvalue weighted by molar-refractivity contribution is 6.22. The molecule has 0 aromatic carbocycles. The minimum Gasteiger partial charge on any atom is -0.481 e. The molecular formula is C8H14Cl2O2. The Bertz CT molecular complexity index is 128. The van der Waals surface area contributed by atoms with Gasteiger partial charge in [-0.05, 0) is 19.3 Å². The van der Waals surface area contributed by atoms with Crippen molar-refractivity contribution in [2.45, 2.75) is 37.5 Å². The van der Waals surface area contributed by atoms with Gasteiger partial charge in [0.2, 0.25) is 0 Å². The molecule has 0 heterocycles. The second-order valence-corrected chi connectivity index (χ2v) is 3.71. The van der Waals surface area contributed by atoms with Crippen molar-refractivity contribution in [1.29, 1.82) is 0 Å². The number of halogens is 2. The molecule has 0 aromatic heterocycles. The summed E-state index contributed by atoms with van der Waals surface area (Å²) in [6.07, 6.45) is 3.49. The van der Waals surface area contributed by atoms with Crippen LogP contribution in [0.1, 0.15) is 32.1 Å². The predicted molar refractivity (Wildman–Crippen MR) is 51.1 cm³/mol. The second kappa shape index (κ2) is 7.69. The van der Waals surface area contributed by atoms with Gasteiger partial charge in [0.25, 0.3) is 0 Å². The Morgan fingerprint density at radius 1 is 1.33 bits per heavy atom. The standard InChI is InChI=1S/C8H14Cl2O2/c9-6-5-7(10)3-1-2-4-8(11)12/h7H,1-6H2,(H,11,12)/t7-/m1/s1. The molecule has 2 nitrogen and oxygen atoms in total. The third-order valence-corrected chi connectivity index (χ3v) is 2.23. The van der Waals surface area contributed by atoms with Gasteiger partial charge < -0.3 is 5.11 Å². The van der Waals surface area contributed by atoms with Crippen LogP contribution in [0.25, 0.3) is 0 Å². The molecule has 12 heavy (non-hydrogen) atoms. The zero-order valence-electron chi connectivity index (χ0n) is 6.93. The molecule has 4 heteroatoms. The van der Waals surface area contributed by atoms with Crippen LogP contribution in [-0.4, -0.2) is 22.3 Å². The summed E-state index contributed by atoms with van der Waals surface area (Å²) in [5.74, 6) is -0.161. The Hall–Kier alpha value is 0.0500. The van der Waals surface area contributed by atoms with Gasteiger partial charge in [-0.15, -0.1) is 23.2 Å². The molecule has 0 radical (unpaired) electrons. The van der Waals surface area contributed by atoms with Crippen molar-refractivity contribution in [3.8, 4) is 0 Å². The molecule has 0 bridgehead atoms. The maximum Gasteiger partial charge on any atom is 0.303 e. The molecule has 0 saturated heterocycles. The fourth-order valence-electron chi connectivity index (χ4n) is 0.905. The zero-order valence-corrected chi connectivity index (χ0v) is 8.44. The second-order valence-electron chi connectivity index (χ2n) is 2.71. The Kier molecular flexibility index (Phi) is 7.72. The quantitative estimate of drug-likeness (QED) is 0.521. The molecule has 0 unspecified atom stereocenters. The number of rotatable bonds is 7. The van der Waals surface area contributed by atoms with Crippen LogP contribution >= 0.6 is 23.2 Å². The lowest BCUT2D eigenvalue weighted by molar-refractivity contribution is -0.137. The Morgan fingerprint density at radius 3 is 2.50 bits per heavy atom. The van der Waals surface area contributed by atoms with Gasteiger partial charge in [0.05, 0.1) is 0 Å². The molecule has 0 aromatic rings. The van der Waals surface area contributed by atoms with E-state index < -0.39 is 5.97 Å². The van der Waals surface area contributed by atoms with Crippen molar-refractivity contribution in [3.05, 3.63) is 0 Å². The molecule has 0 rings (SSSR count). The lowest BCUT2D eigenvalue weighted by Gasteiger charge is -2.05. The largest absolute Gasteiger partial charge is 0.481 e. The van der Waals surface area contributed by atoms with E-state index in [-0.39, 0.29) is 11.8 Å². The van der Waals surface area contributed by atoms with Gasteiger partial charge in [-0.3, -0.25) is 4.79 Å². The summed E-state index contributed by atoms with van der Waals surface area (Å²) in [5.41, 5.74) is 0. The zero-order chi connectivity index (χ0) is 9.40. The Balaban J connectivity index is 3.13. The SMILES string of the molecule is O=C(O)CCCC[C@@H](Cl)CCCl. The summed E-state index contributed by atoms with van der Waals surface area (Å²) in [6, 6.07) is 0. The lowest BCUT2D eigenvalue weighted by atomic mass is 10.1. The topological polar surface area (TPSA) is 37.3 Å². The van der Waals surface area contributed by atoms with Crippen molar-refractivity contribution in [3.63, 3.8) is 0 Å². The Labute approximate surface area is 82.9 Å². The molecule has 1 N–H and O–H groups in total. The van der Waals surface area contributed by atoms with E-state index in [9.17, 15) is 4.79 Å². The summed E-state index contributed by atoms with van der Waals surface area (Å²) >= 11 is 11.3. The normalized spacial score (nSPS) is 12.8. The van der Waals surface area contributed by atoms with E-state index in [4.69, 9.17) is 28.3 Å². The first-order valence-electron chi connectivity index (χ1n) is 4.08. The van der Waals surface area contributed by atoms with Crippen molar-refractivity contribution in [1.82, 2.24) is 0 Å². The van der Waals surface area contributed by atoms with Crippen molar-refractivity contribution < 1.29 is 9.90 Å². The molecule has 72 valence electrons. The van der Waals surface area contributed by atoms with E-state index in [0.29, 0.717) is 12.3 Å². The highest BCUT2D eigenvalue weighted by Crippen LogP contribution is 2.12. The maximum absolute atomic E-state index is 10.1. The molecule has 0 aliphatic rings. The summed E-state index contributed by atoms with van der Waals surface area (Å²) in [6.45, 7) is 0. The average Bonchev–Trinajstić information content (AvgIpc) is 1.98. The van der Waals surface area contributed by atoms with Crippen LogP contribution in [0, 0.1) is 0 Å². The summed E-state index contributed by atoms with van der Waals surface area (Å²) in [5, 5.41) is 8.44. The van der Waals surface area contributed by atoms with Crippen LogP contribution in [0.2, 0.25) is 0 Å². The third-order valence-electron chi connectivity index (χ3n) is 1.58. The lowest BCUT2D eigenvalue weighted by Crippen LogP contribution is -2.00. The number of aliphatic carboxylic acids is 1. The first kappa shape index (κ1) is 12.0. The first-order valence-corrected chi connectivity index (χ1v) is 5.05. The third kappa shape index (κ3) is 8.15. The van der Waals surface area contributed by atoms with Crippen molar-refractivity contribution in [2.24, 2.45) is 0 Å². The van der Waals surface area contributed by atoms with Gasteiger partial charge in [0, 0.05) is 17.7 Å². The minimum absolute atomic E-state index is 0.108. The monoisotopic (exact) mass is 212 g/mol. The van der Waals surface area contributed by atoms with Gasteiger partial charge in [-0.2, -0.15) is 0 Å². The van der Waals surface area contributed by atoms with E-state index in [1.165, 1.54) is 0 Å². The summed E-state index contributed by atoms with van der Waals surface area (Å²) in [7, 11) is 0. The van der Waals surface area contributed by atoms with Crippen LogP contribution < -0.4 is 0 Å². The minimum atomic E-state index is -0.738. The molecule has 0 aliphatic heterocycles. The van der Waals surface area contributed by atoms with Crippen LogP contribution in [0.15, 0.2) is 0 Å². The molecule has 0 spiro atoms. The predicted octanol–water partition coefficient (Wildman–Crippen LogP) is 2.87. The highest BCUT2D eigenvalue weighted by Gasteiger charge is 2.03. The molecule has 0 saturated carbocycles. The van der Waals surface area contributed by atoms with E-state index in [1.807, 2.05) is 0 Å². The molecule has 1 atom stereocenters. The highest BCUT2D eigenvalue weighted by atomic mass is 35.5. The maximum atomic E-state index is 10.1. The van der Waals surface area contributed by atoms with E-state index in [2.05, 4.69) is 0 Å². The number of unbranched alkanes of at least 4 members (excludes halogenated alkanes) is 1. The van der Waals surface area contributed by atoms with Gasteiger partial charge in [0.15, 0.2) is 0 Å². The number of carboxylic acids is 1. The number of carboxylic acid groups (broad SMARTS) is 1. The van der Waals surface area contributed by atoms with Gasteiger partial charge in [0.1, 0.15) is 0 Å². The average molecular weight is 213 g/mol. The Morgan fingerprint density at radius 2 is 2.00 bits per heavy atom. The van der Waals surface area contributed by atoms with Gasteiger partial charge >= 0.3 is 5.97 Å². The molecule has 0 fully saturated rings. The number of hydrogen-bond acceptors (Lipinski definition) is 1. The molecule has 0 aliphatic carbocycles. The van der Waals surface area contributed by atoms with Crippen LogP contribution in [0.4, 0.5) is 0 Å². The van der Waals surface area contributed by atoms with Crippen LogP contribution in [-0.2, 0) is 4.79 Å².